The second kappa shape index (κ2) is 7.89. The van der Waals surface area contributed by atoms with Crippen LogP contribution in [0.3, 0.4) is 0 Å². The lowest BCUT2D eigenvalue weighted by molar-refractivity contribution is 0.280. The van der Waals surface area contributed by atoms with E-state index in [9.17, 15) is 5.11 Å². The maximum Gasteiger partial charge on any atom is 0.0838 e. The third kappa shape index (κ3) is 3.97. The van der Waals surface area contributed by atoms with Crippen molar-refractivity contribution < 1.29 is 5.11 Å². The van der Waals surface area contributed by atoms with Gasteiger partial charge in [0.15, 0.2) is 0 Å². The van der Waals surface area contributed by atoms with Gasteiger partial charge < -0.3 is 9.67 Å². The number of aliphatic hydroxyl groups is 1. The first-order chi connectivity index (χ1) is 12.1. The SMILES string of the molecule is Cc1ccccc1Sc1c(C(C)C)c(CO)cn1Cc1ccncc1. The van der Waals surface area contributed by atoms with E-state index in [1.807, 2.05) is 24.5 Å². The summed E-state index contributed by atoms with van der Waals surface area (Å²) in [5, 5.41) is 11.1. The first-order valence-corrected chi connectivity index (χ1v) is 9.37. The highest BCUT2D eigenvalue weighted by Gasteiger charge is 2.19. The van der Waals surface area contributed by atoms with E-state index >= 15 is 0 Å². The van der Waals surface area contributed by atoms with E-state index < -0.39 is 0 Å². The van der Waals surface area contributed by atoms with Gasteiger partial charge in [-0.15, -0.1) is 0 Å². The molecular weight excluding hydrogens is 328 g/mol. The first-order valence-electron chi connectivity index (χ1n) is 8.55. The summed E-state index contributed by atoms with van der Waals surface area (Å²) in [6.07, 6.45) is 5.74. The predicted octanol–water partition coefficient (Wildman–Crippen LogP) is 5.01. The van der Waals surface area contributed by atoms with Crippen molar-refractivity contribution in [3.63, 3.8) is 0 Å². The Balaban J connectivity index is 2.06. The van der Waals surface area contributed by atoms with Crippen LogP contribution >= 0.6 is 11.8 Å². The number of nitrogens with zero attached hydrogens (tertiary/aromatic N) is 2. The Bertz CT molecular complexity index is 840. The molecule has 2 aromatic heterocycles. The van der Waals surface area contributed by atoms with Gasteiger partial charge in [-0.1, -0.05) is 43.8 Å². The van der Waals surface area contributed by atoms with Gasteiger partial charge in [-0.05, 0) is 53.3 Å². The average Bonchev–Trinajstić information content (AvgIpc) is 2.95. The molecule has 0 aliphatic carbocycles. The molecule has 0 amide bonds. The van der Waals surface area contributed by atoms with Crippen molar-refractivity contribution in [2.45, 2.75) is 49.8 Å². The van der Waals surface area contributed by atoms with Gasteiger partial charge >= 0.3 is 0 Å². The minimum atomic E-state index is 0.0676. The zero-order valence-corrected chi connectivity index (χ0v) is 15.8. The van der Waals surface area contributed by atoms with E-state index in [1.165, 1.54) is 26.6 Å². The van der Waals surface area contributed by atoms with Gasteiger partial charge in [0.05, 0.1) is 11.6 Å². The van der Waals surface area contributed by atoms with E-state index in [1.54, 1.807) is 11.8 Å². The molecule has 0 fully saturated rings. The number of aliphatic hydroxyl groups excluding tert-OH is 1. The molecule has 2 heterocycles. The topological polar surface area (TPSA) is 38.0 Å². The monoisotopic (exact) mass is 352 g/mol. The highest BCUT2D eigenvalue weighted by atomic mass is 32.2. The van der Waals surface area contributed by atoms with Crippen LogP contribution in [-0.2, 0) is 13.2 Å². The summed E-state index contributed by atoms with van der Waals surface area (Å²) >= 11 is 1.79. The lowest BCUT2D eigenvalue weighted by Crippen LogP contribution is -2.01. The van der Waals surface area contributed by atoms with Gasteiger partial charge in [-0.2, -0.15) is 0 Å². The van der Waals surface area contributed by atoms with E-state index in [0.29, 0.717) is 5.92 Å². The minimum Gasteiger partial charge on any atom is -0.392 e. The summed E-state index contributed by atoms with van der Waals surface area (Å²) in [5.74, 6) is 0.354. The van der Waals surface area contributed by atoms with Crippen LogP contribution in [0.15, 0.2) is 64.9 Å². The Hall–Kier alpha value is -2.04. The first kappa shape index (κ1) is 17.8. The summed E-state index contributed by atoms with van der Waals surface area (Å²) in [6, 6.07) is 12.5. The number of benzene rings is 1. The number of pyridine rings is 1. The summed E-state index contributed by atoms with van der Waals surface area (Å²) in [6.45, 7) is 7.36. The summed E-state index contributed by atoms with van der Waals surface area (Å²) < 4.78 is 2.26. The van der Waals surface area contributed by atoms with Crippen molar-refractivity contribution >= 4 is 11.8 Å². The number of hydrogen-bond acceptors (Lipinski definition) is 3. The van der Waals surface area contributed by atoms with Crippen LogP contribution in [0.25, 0.3) is 0 Å². The van der Waals surface area contributed by atoms with Gasteiger partial charge in [0.2, 0.25) is 0 Å². The van der Waals surface area contributed by atoms with Crippen LogP contribution in [-0.4, -0.2) is 14.7 Å². The van der Waals surface area contributed by atoms with Crippen molar-refractivity contribution in [3.8, 4) is 0 Å². The highest BCUT2D eigenvalue weighted by molar-refractivity contribution is 7.99. The van der Waals surface area contributed by atoms with E-state index in [-0.39, 0.29) is 6.61 Å². The fourth-order valence-corrected chi connectivity index (χ4v) is 4.34. The van der Waals surface area contributed by atoms with Crippen LogP contribution < -0.4 is 0 Å². The molecule has 0 unspecified atom stereocenters. The van der Waals surface area contributed by atoms with Crippen molar-refractivity contribution in [3.05, 3.63) is 77.2 Å². The highest BCUT2D eigenvalue weighted by Crippen LogP contribution is 2.39. The third-order valence-corrected chi connectivity index (χ3v) is 5.62. The molecule has 0 atom stereocenters. The molecule has 1 aromatic carbocycles. The van der Waals surface area contributed by atoms with Gasteiger partial charge in [0.1, 0.15) is 0 Å². The lowest BCUT2D eigenvalue weighted by atomic mass is 10.0. The molecule has 3 nitrogen and oxygen atoms in total. The van der Waals surface area contributed by atoms with Gasteiger partial charge in [-0.3, -0.25) is 4.98 Å². The molecule has 0 spiro atoms. The van der Waals surface area contributed by atoms with E-state index in [4.69, 9.17) is 0 Å². The average molecular weight is 353 g/mol. The summed E-state index contributed by atoms with van der Waals surface area (Å²) in [7, 11) is 0. The van der Waals surface area contributed by atoms with Crippen LogP contribution in [0.1, 0.15) is 42.0 Å². The molecule has 0 bridgehead atoms. The molecule has 0 saturated heterocycles. The number of aromatic nitrogens is 2. The molecule has 25 heavy (non-hydrogen) atoms. The largest absolute Gasteiger partial charge is 0.392 e. The smallest absolute Gasteiger partial charge is 0.0838 e. The molecular formula is C21H24N2OS. The zero-order valence-electron chi connectivity index (χ0n) is 14.9. The maximum absolute atomic E-state index is 9.86. The Kier molecular flexibility index (Phi) is 5.61. The van der Waals surface area contributed by atoms with Crippen LogP contribution in [0.5, 0.6) is 0 Å². The maximum atomic E-state index is 9.86. The fourth-order valence-electron chi connectivity index (χ4n) is 3.04. The van der Waals surface area contributed by atoms with E-state index in [2.05, 4.69) is 60.8 Å². The second-order valence-corrected chi connectivity index (χ2v) is 7.57. The van der Waals surface area contributed by atoms with Crippen molar-refractivity contribution in [2.24, 2.45) is 0 Å². The quantitative estimate of drug-likeness (QED) is 0.678. The van der Waals surface area contributed by atoms with Gasteiger partial charge in [0.25, 0.3) is 0 Å². The van der Waals surface area contributed by atoms with Crippen molar-refractivity contribution in [1.82, 2.24) is 9.55 Å². The van der Waals surface area contributed by atoms with Crippen molar-refractivity contribution in [2.75, 3.05) is 0 Å². The molecule has 130 valence electrons. The molecule has 0 radical (unpaired) electrons. The second-order valence-electron chi connectivity index (χ2n) is 6.54. The van der Waals surface area contributed by atoms with Gasteiger partial charge in [0, 0.05) is 30.0 Å². The molecule has 0 aliphatic heterocycles. The molecule has 0 saturated carbocycles. The van der Waals surface area contributed by atoms with Crippen LogP contribution in [0.2, 0.25) is 0 Å². The standard InChI is InChI=1S/C21H24N2OS/c1-15(2)20-18(14-24)13-23(12-17-8-10-22-11-9-17)21(20)25-19-7-5-4-6-16(19)3/h4-11,13,15,24H,12,14H2,1-3H3. The molecule has 0 aliphatic rings. The Labute approximate surface area is 153 Å². The molecule has 4 heteroatoms. The number of rotatable bonds is 6. The normalized spacial score (nSPS) is 11.2. The Morgan fingerprint density at radius 2 is 1.84 bits per heavy atom. The van der Waals surface area contributed by atoms with Crippen LogP contribution in [0.4, 0.5) is 0 Å². The van der Waals surface area contributed by atoms with Crippen LogP contribution in [0, 0.1) is 6.92 Å². The van der Waals surface area contributed by atoms with Gasteiger partial charge in [-0.25, -0.2) is 0 Å². The van der Waals surface area contributed by atoms with Crippen molar-refractivity contribution in [1.29, 1.82) is 0 Å². The van der Waals surface area contributed by atoms with E-state index in [0.717, 1.165) is 12.1 Å². The molecule has 1 N–H and O–H groups in total. The third-order valence-electron chi connectivity index (χ3n) is 4.30. The zero-order chi connectivity index (χ0) is 17.8. The fraction of sp³-hybridized carbons (Fsp3) is 0.286. The summed E-state index contributed by atoms with van der Waals surface area (Å²) in [4.78, 5) is 5.35. The number of aryl methyl sites for hydroxylation is 1. The predicted molar refractivity (Wildman–Crippen MR) is 103 cm³/mol. The molecule has 3 rings (SSSR count). The summed E-state index contributed by atoms with van der Waals surface area (Å²) in [5.41, 5.74) is 4.73. The molecule has 3 aromatic rings. The Morgan fingerprint density at radius 3 is 2.48 bits per heavy atom. The number of hydrogen-bond donors (Lipinski definition) is 1. The minimum absolute atomic E-state index is 0.0676. The lowest BCUT2D eigenvalue weighted by Gasteiger charge is -2.15. The Morgan fingerprint density at radius 1 is 1.12 bits per heavy atom.